The van der Waals surface area contributed by atoms with E-state index in [-0.39, 0.29) is 35.5 Å². The van der Waals surface area contributed by atoms with Crippen molar-refractivity contribution in [3.8, 4) is 0 Å². The molecule has 4 aliphatic rings. The third-order valence-corrected chi connectivity index (χ3v) is 9.30. The van der Waals surface area contributed by atoms with Crippen molar-refractivity contribution < 1.29 is 19.1 Å². The second-order valence-corrected chi connectivity index (χ2v) is 11.6. The van der Waals surface area contributed by atoms with Gasteiger partial charge in [0.05, 0.1) is 13.1 Å². The van der Waals surface area contributed by atoms with Gasteiger partial charge in [-0.25, -0.2) is 9.79 Å². The number of ether oxygens (including phenoxy) is 1. The normalized spacial score (nSPS) is 29.0. The summed E-state index contributed by atoms with van der Waals surface area (Å²) in [5, 5.41) is 22.7. The van der Waals surface area contributed by atoms with Gasteiger partial charge in [0, 0.05) is 29.5 Å². The van der Waals surface area contributed by atoms with E-state index in [1.807, 2.05) is 24.4 Å². The van der Waals surface area contributed by atoms with Crippen LogP contribution in [0.4, 0.5) is 5.82 Å². The average Bonchev–Trinajstić information content (AvgIpc) is 3.41. The summed E-state index contributed by atoms with van der Waals surface area (Å²) in [6.45, 7) is 6.57. The zero-order valence-corrected chi connectivity index (χ0v) is 21.6. The second kappa shape index (κ2) is 10.1. The summed E-state index contributed by atoms with van der Waals surface area (Å²) in [5.74, 6) is 0.220. The van der Waals surface area contributed by atoms with E-state index < -0.39 is 5.54 Å². The van der Waals surface area contributed by atoms with E-state index in [0.29, 0.717) is 16.9 Å². The monoisotopic (exact) mass is 517 g/mol. The summed E-state index contributed by atoms with van der Waals surface area (Å²) in [6.07, 6.45) is 5.12. The van der Waals surface area contributed by atoms with Crippen molar-refractivity contribution in [2.45, 2.75) is 50.7 Å². The number of thiophene rings is 1. The smallest absolute Gasteiger partial charge is 0.332 e. The van der Waals surface area contributed by atoms with Crippen molar-refractivity contribution in [1.29, 1.82) is 0 Å². The number of piperidine rings is 4. The van der Waals surface area contributed by atoms with Gasteiger partial charge in [0.15, 0.2) is 22.6 Å². The quantitative estimate of drug-likeness (QED) is 0.242. The molecular weight excluding hydrogens is 486 g/mol. The number of halogens is 1. The van der Waals surface area contributed by atoms with Crippen LogP contribution in [0.3, 0.4) is 0 Å². The fourth-order valence-electron chi connectivity index (χ4n) is 5.93. The Morgan fingerprint density at radius 3 is 2.69 bits per heavy atom. The maximum atomic E-state index is 13.8. The number of carbonyl (C=O) groups excluding carboxylic acids is 1. The molecule has 1 unspecified atom stereocenters. The van der Waals surface area contributed by atoms with Crippen molar-refractivity contribution in [1.82, 2.24) is 15.1 Å². The maximum Gasteiger partial charge on any atom is 0.332 e. The van der Waals surface area contributed by atoms with Crippen LogP contribution in [0.25, 0.3) is 0 Å². The van der Waals surface area contributed by atoms with Crippen LogP contribution in [0.5, 0.6) is 0 Å². The Balaban J connectivity index is 1.31. The van der Waals surface area contributed by atoms with Crippen molar-refractivity contribution in [2.75, 3.05) is 39.3 Å². The molecule has 4 aliphatic heterocycles. The van der Waals surface area contributed by atoms with Gasteiger partial charge in [0.2, 0.25) is 0 Å². The molecule has 2 bridgehead atoms. The minimum absolute atomic E-state index is 0.161. The number of nitrogens with zero attached hydrogens (tertiary/aromatic N) is 5. The molecule has 188 valence electrons. The lowest BCUT2D eigenvalue weighted by Gasteiger charge is -2.53. The number of likely N-dealkylation sites (tertiary alicyclic amines) is 1. The van der Waals surface area contributed by atoms with Gasteiger partial charge in [-0.2, -0.15) is 0 Å². The zero-order chi connectivity index (χ0) is 24.5. The van der Waals surface area contributed by atoms with Crippen LogP contribution in [0.1, 0.15) is 43.9 Å². The highest BCUT2D eigenvalue weighted by Crippen LogP contribution is 2.39. The molecule has 0 amide bonds. The van der Waals surface area contributed by atoms with E-state index >= 15 is 0 Å². The van der Waals surface area contributed by atoms with Gasteiger partial charge in [0.25, 0.3) is 0 Å². The number of fused-ring (bicyclic) bond motifs is 3. The van der Waals surface area contributed by atoms with Crippen LogP contribution in [-0.4, -0.2) is 76.8 Å². The average molecular weight is 518 g/mol. The van der Waals surface area contributed by atoms with Gasteiger partial charge in [0.1, 0.15) is 13.1 Å². The van der Waals surface area contributed by atoms with Gasteiger partial charge < -0.3 is 14.3 Å². The lowest BCUT2D eigenvalue weighted by Crippen LogP contribution is -2.67. The fourth-order valence-corrected chi connectivity index (χ4v) is 6.93. The molecule has 6 rings (SSSR count). The Kier molecular flexibility index (Phi) is 7.12. The third-order valence-electron chi connectivity index (χ3n) is 8.01. The molecule has 0 N–H and O–H groups in total. The highest BCUT2D eigenvalue weighted by Gasteiger charge is 2.51. The van der Waals surface area contributed by atoms with Crippen LogP contribution in [0, 0.1) is 5.92 Å². The minimum atomic E-state index is -0.774. The molecule has 2 atom stereocenters. The molecule has 6 heterocycles. The van der Waals surface area contributed by atoms with Crippen molar-refractivity contribution in [3.05, 3.63) is 39.7 Å². The summed E-state index contributed by atoms with van der Waals surface area (Å²) in [7, 11) is 0. The topological polar surface area (TPSA) is 90.7 Å². The molecule has 0 aliphatic carbocycles. The molecular formula is C25H32ClN5O3S. The largest absolute Gasteiger partial charge is 0.858 e. The first kappa shape index (κ1) is 24.6. The van der Waals surface area contributed by atoms with Crippen LogP contribution in [-0.2, 0) is 15.1 Å². The molecule has 0 radical (unpaired) electrons. The predicted molar refractivity (Wildman–Crippen MR) is 134 cm³/mol. The van der Waals surface area contributed by atoms with Crippen molar-refractivity contribution >= 4 is 40.6 Å². The van der Waals surface area contributed by atoms with Crippen LogP contribution < -0.4 is 5.11 Å². The Morgan fingerprint density at radius 1 is 1.26 bits per heavy atom. The third kappa shape index (κ3) is 5.09. The highest BCUT2D eigenvalue weighted by molar-refractivity contribution is 7.10. The molecule has 0 spiro atoms. The number of hydrogen-bond donors (Lipinski definition) is 0. The standard InChI is InChI=1S/C25H32ClN5O3S/c1-25(20-6-5-15-35-20,30-11-3-2-4-12-30)24(33)34-19-16-31(13-9-18(19)10-14-31)17-23(32)27-22-8-7-21(26)28-29-22/h5-8,15,18-19H,2-4,9-14,16-17H2,1H3/t18?,19-,25?,31?/m1/s1. The van der Waals surface area contributed by atoms with Gasteiger partial charge >= 0.3 is 5.97 Å². The number of hydrogen-bond acceptors (Lipinski definition) is 8. The predicted octanol–water partition coefficient (Wildman–Crippen LogP) is 3.14. The van der Waals surface area contributed by atoms with Crippen LogP contribution >= 0.6 is 22.9 Å². The number of esters is 1. The van der Waals surface area contributed by atoms with Crippen LogP contribution in [0.15, 0.2) is 34.6 Å². The summed E-state index contributed by atoms with van der Waals surface area (Å²) < 4.78 is 6.95. The van der Waals surface area contributed by atoms with Gasteiger partial charge in [-0.15, -0.1) is 21.5 Å². The summed E-state index contributed by atoms with van der Waals surface area (Å²) >= 11 is 7.39. The summed E-state index contributed by atoms with van der Waals surface area (Å²) in [5.41, 5.74) is -0.774. The van der Waals surface area contributed by atoms with E-state index in [1.54, 1.807) is 23.5 Å². The second-order valence-electron chi connectivity index (χ2n) is 10.2. The molecule has 0 aromatic carbocycles. The van der Waals surface area contributed by atoms with Gasteiger partial charge in [-0.1, -0.05) is 24.1 Å². The number of quaternary nitrogens is 1. The Labute approximate surface area is 215 Å². The number of rotatable bonds is 7. The SMILES string of the molecule is CC(C(=O)O[C@@H]1C[N+]2(CC([O-])=Nc3ccc(Cl)nn3)CCC1CC2)(c1cccs1)N1CCCCC1. The minimum Gasteiger partial charge on any atom is -0.858 e. The number of carbonyl (C=O) groups is 1. The summed E-state index contributed by atoms with van der Waals surface area (Å²) in [6, 6.07) is 7.21. The van der Waals surface area contributed by atoms with E-state index in [2.05, 4.69) is 20.1 Å². The highest BCUT2D eigenvalue weighted by atomic mass is 35.5. The molecule has 2 aromatic rings. The van der Waals surface area contributed by atoms with Crippen LogP contribution in [0.2, 0.25) is 5.15 Å². The van der Waals surface area contributed by atoms with E-state index in [0.717, 1.165) is 56.7 Å². The Morgan fingerprint density at radius 2 is 2.03 bits per heavy atom. The molecule has 4 fully saturated rings. The zero-order valence-electron chi connectivity index (χ0n) is 20.1. The fraction of sp³-hybridized carbons (Fsp3) is 0.600. The van der Waals surface area contributed by atoms with E-state index in [4.69, 9.17) is 16.3 Å². The number of aromatic nitrogens is 2. The van der Waals surface area contributed by atoms with Gasteiger partial charge in [-0.05, 0) is 56.4 Å². The molecule has 4 saturated heterocycles. The first-order chi connectivity index (χ1) is 16.9. The van der Waals surface area contributed by atoms with E-state index in [1.165, 1.54) is 6.42 Å². The molecule has 35 heavy (non-hydrogen) atoms. The van der Waals surface area contributed by atoms with Crippen molar-refractivity contribution in [2.24, 2.45) is 10.9 Å². The Hall–Kier alpha value is -2.07. The van der Waals surface area contributed by atoms with Crippen molar-refractivity contribution in [3.63, 3.8) is 0 Å². The molecule has 0 saturated carbocycles. The van der Waals surface area contributed by atoms with Gasteiger partial charge in [-0.3, -0.25) is 4.90 Å². The summed E-state index contributed by atoms with van der Waals surface area (Å²) in [4.78, 5) is 21.3. The van der Waals surface area contributed by atoms with E-state index in [9.17, 15) is 9.90 Å². The first-order valence-electron chi connectivity index (χ1n) is 12.5. The lowest BCUT2D eigenvalue weighted by atomic mass is 9.83. The number of aliphatic imine (C=N–C) groups is 1. The first-order valence-corrected chi connectivity index (χ1v) is 13.7. The Bertz CT molecular complexity index is 1050. The molecule has 8 nitrogen and oxygen atoms in total. The lowest BCUT2D eigenvalue weighted by molar-refractivity contribution is -0.940. The molecule has 10 heteroatoms. The molecule has 2 aromatic heterocycles. The maximum absolute atomic E-state index is 13.8.